The smallest absolute Gasteiger partial charge is 0.133 e. The summed E-state index contributed by atoms with van der Waals surface area (Å²) in [6, 6.07) is 0. The van der Waals surface area contributed by atoms with Crippen molar-refractivity contribution in [2.24, 2.45) is 23.7 Å². The summed E-state index contributed by atoms with van der Waals surface area (Å²) >= 11 is 3.77. The van der Waals surface area contributed by atoms with E-state index in [1.54, 1.807) is 0 Å². The van der Waals surface area contributed by atoms with Crippen molar-refractivity contribution < 1.29 is 4.79 Å². The highest BCUT2D eigenvalue weighted by Gasteiger charge is 2.37. The topological polar surface area (TPSA) is 17.1 Å². The predicted molar refractivity (Wildman–Crippen MR) is 84.6 cm³/mol. The summed E-state index contributed by atoms with van der Waals surface area (Å²) in [6.07, 6.45) is 11.0. The Labute approximate surface area is 127 Å². The predicted octanol–water partition coefficient (Wildman–Crippen LogP) is 5.36. The summed E-state index contributed by atoms with van der Waals surface area (Å²) < 4.78 is 0. The van der Waals surface area contributed by atoms with Gasteiger partial charge in [-0.25, -0.2) is 0 Å². The first-order chi connectivity index (χ1) is 9.15. The van der Waals surface area contributed by atoms with Crippen molar-refractivity contribution >= 4 is 21.7 Å². The first-order valence-electron chi connectivity index (χ1n) is 8.31. The van der Waals surface area contributed by atoms with Crippen LogP contribution in [0, 0.1) is 23.7 Å². The highest BCUT2D eigenvalue weighted by atomic mass is 79.9. The molecule has 0 spiro atoms. The van der Waals surface area contributed by atoms with E-state index in [0.717, 1.165) is 35.4 Å². The van der Waals surface area contributed by atoms with Gasteiger partial charge in [-0.2, -0.15) is 0 Å². The monoisotopic (exact) mass is 328 g/mol. The van der Waals surface area contributed by atoms with Crippen LogP contribution in [0.3, 0.4) is 0 Å². The van der Waals surface area contributed by atoms with E-state index in [1.807, 2.05) is 0 Å². The average Bonchev–Trinajstić information content (AvgIpc) is 2.83. The number of hydrogen-bond acceptors (Lipinski definition) is 1. The van der Waals surface area contributed by atoms with E-state index in [4.69, 9.17) is 0 Å². The molecular formula is C17H29BrO. The maximum absolute atomic E-state index is 11.6. The normalized spacial score (nSPS) is 35.3. The van der Waals surface area contributed by atoms with Crippen LogP contribution in [0.4, 0.5) is 0 Å². The summed E-state index contributed by atoms with van der Waals surface area (Å²) in [7, 11) is 0. The van der Waals surface area contributed by atoms with Gasteiger partial charge in [0.2, 0.25) is 0 Å². The zero-order valence-corrected chi connectivity index (χ0v) is 14.1. The molecule has 2 rings (SSSR count). The molecule has 0 aromatic rings. The molecule has 2 aliphatic rings. The van der Waals surface area contributed by atoms with Gasteiger partial charge >= 0.3 is 0 Å². The van der Waals surface area contributed by atoms with Crippen LogP contribution in [-0.2, 0) is 4.79 Å². The SMILES string of the molecule is CCC(C1CCC(Br)CC1)C(CC)C1CCC(=O)C1. The second kappa shape index (κ2) is 7.24. The minimum Gasteiger partial charge on any atom is -0.300 e. The zero-order valence-electron chi connectivity index (χ0n) is 12.5. The Morgan fingerprint density at radius 3 is 2.05 bits per heavy atom. The van der Waals surface area contributed by atoms with Crippen molar-refractivity contribution in [2.75, 3.05) is 0 Å². The molecule has 0 aliphatic heterocycles. The third kappa shape index (κ3) is 3.83. The van der Waals surface area contributed by atoms with Gasteiger partial charge in [-0.15, -0.1) is 0 Å². The van der Waals surface area contributed by atoms with Crippen LogP contribution in [0.1, 0.15) is 71.6 Å². The molecule has 0 bridgehead atoms. The molecule has 0 radical (unpaired) electrons. The molecule has 2 heteroatoms. The lowest BCUT2D eigenvalue weighted by atomic mass is 9.68. The third-order valence-electron chi connectivity index (χ3n) is 5.69. The Bertz CT molecular complexity index is 294. The summed E-state index contributed by atoms with van der Waals surface area (Å²) in [5, 5.41) is 0. The first kappa shape index (κ1) is 15.5. The van der Waals surface area contributed by atoms with Gasteiger partial charge in [0, 0.05) is 17.7 Å². The van der Waals surface area contributed by atoms with Crippen LogP contribution in [0.25, 0.3) is 0 Å². The molecule has 0 amide bonds. The number of hydrogen-bond donors (Lipinski definition) is 0. The summed E-state index contributed by atoms with van der Waals surface area (Å²) in [4.78, 5) is 12.4. The van der Waals surface area contributed by atoms with E-state index in [9.17, 15) is 4.79 Å². The van der Waals surface area contributed by atoms with E-state index in [0.29, 0.717) is 11.7 Å². The lowest BCUT2D eigenvalue weighted by Crippen LogP contribution is -2.30. The van der Waals surface area contributed by atoms with Crippen molar-refractivity contribution in [3.05, 3.63) is 0 Å². The molecule has 110 valence electrons. The second-order valence-electron chi connectivity index (χ2n) is 6.70. The molecule has 0 N–H and O–H groups in total. The van der Waals surface area contributed by atoms with Crippen molar-refractivity contribution in [1.29, 1.82) is 0 Å². The molecule has 0 aromatic heterocycles. The van der Waals surface area contributed by atoms with Crippen molar-refractivity contribution in [2.45, 2.75) is 76.5 Å². The van der Waals surface area contributed by atoms with Gasteiger partial charge in [0.25, 0.3) is 0 Å². The Hall–Kier alpha value is 0.150. The van der Waals surface area contributed by atoms with E-state index in [-0.39, 0.29) is 0 Å². The fourth-order valence-corrected chi connectivity index (χ4v) is 5.22. The van der Waals surface area contributed by atoms with Crippen molar-refractivity contribution in [1.82, 2.24) is 0 Å². The number of rotatable bonds is 5. The minimum atomic E-state index is 0.516. The number of alkyl halides is 1. The molecule has 1 nitrogen and oxygen atoms in total. The highest BCUT2D eigenvalue weighted by molar-refractivity contribution is 9.09. The van der Waals surface area contributed by atoms with E-state index < -0.39 is 0 Å². The lowest BCUT2D eigenvalue weighted by molar-refractivity contribution is -0.117. The van der Waals surface area contributed by atoms with Gasteiger partial charge in [0.1, 0.15) is 5.78 Å². The number of ketones is 1. The third-order valence-corrected chi connectivity index (χ3v) is 6.60. The van der Waals surface area contributed by atoms with Crippen LogP contribution in [0.2, 0.25) is 0 Å². The highest BCUT2D eigenvalue weighted by Crippen LogP contribution is 2.44. The largest absolute Gasteiger partial charge is 0.300 e. The quantitative estimate of drug-likeness (QED) is 0.620. The van der Waals surface area contributed by atoms with Crippen LogP contribution in [-0.4, -0.2) is 10.6 Å². The molecular weight excluding hydrogens is 300 g/mol. The van der Waals surface area contributed by atoms with Crippen LogP contribution in [0.5, 0.6) is 0 Å². The Kier molecular flexibility index (Phi) is 5.92. The average molecular weight is 329 g/mol. The van der Waals surface area contributed by atoms with Gasteiger partial charge in [-0.3, -0.25) is 4.79 Å². The first-order valence-corrected chi connectivity index (χ1v) is 9.23. The van der Waals surface area contributed by atoms with E-state index in [1.165, 1.54) is 44.9 Å². The molecule has 0 saturated heterocycles. The number of carbonyl (C=O) groups is 1. The molecule has 2 aliphatic carbocycles. The van der Waals surface area contributed by atoms with Crippen molar-refractivity contribution in [3.63, 3.8) is 0 Å². The number of Topliss-reactive ketones (excluding diaryl/α,β-unsaturated/α-hetero) is 1. The number of halogens is 1. The number of carbonyl (C=O) groups excluding carboxylic acids is 1. The summed E-state index contributed by atoms with van der Waals surface area (Å²) in [5.74, 6) is 3.79. The maximum Gasteiger partial charge on any atom is 0.133 e. The van der Waals surface area contributed by atoms with Gasteiger partial charge in [-0.05, 0) is 55.8 Å². The van der Waals surface area contributed by atoms with Gasteiger partial charge in [0.15, 0.2) is 0 Å². The lowest BCUT2D eigenvalue weighted by Gasteiger charge is -2.39. The molecule has 0 heterocycles. The van der Waals surface area contributed by atoms with Crippen molar-refractivity contribution in [3.8, 4) is 0 Å². The zero-order chi connectivity index (χ0) is 13.8. The Morgan fingerprint density at radius 2 is 1.58 bits per heavy atom. The molecule has 0 aromatic carbocycles. The molecule has 2 saturated carbocycles. The van der Waals surface area contributed by atoms with Crippen LogP contribution in [0.15, 0.2) is 0 Å². The van der Waals surface area contributed by atoms with Crippen LogP contribution < -0.4 is 0 Å². The summed E-state index contributed by atoms with van der Waals surface area (Å²) in [5.41, 5.74) is 0. The standard InChI is InChI=1S/C17H29BrO/c1-3-16(12-5-8-14(18)9-6-12)17(4-2)13-7-10-15(19)11-13/h12-14,16-17H,3-11H2,1-2H3. The Balaban J connectivity index is 1.99. The second-order valence-corrected chi connectivity index (χ2v) is 7.99. The fourth-order valence-electron chi connectivity index (χ4n) is 4.69. The Morgan fingerprint density at radius 1 is 1.00 bits per heavy atom. The molecule has 3 atom stereocenters. The summed E-state index contributed by atoms with van der Waals surface area (Å²) in [6.45, 7) is 4.70. The van der Waals surface area contributed by atoms with Crippen LogP contribution >= 0.6 is 15.9 Å². The van der Waals surface area contributed by atoms with E-state index in [2.05, 4.69) is 29.8 Å². The molecule has 19 heavy (non-hydrogen) atoms. The van der Waals surface area contributed by atoms with Gasteiger partial charge in [-0.1, -0.05) is 42.6 Å². The van der Waals surface area contributed by atoms with Gasteiger partial charge < -0.3 is 0 Å². The van der Waals surface area contributed by atoms with Gasteiger partial charge in [0.05, 0.1) is 0 Å². The minimum absolute atomic E-state index is 0.516. The van der Waals surface area contributed by atoms with E-state index >= 15 is 0 Å². The fraction of sp³-hybridized carbons (Fsp3) is 0.941. The molecule has 2 fully saturated rings. The molecule has 3 unspecified atom stereocenters. The maximum atomic E-state index is 11.6.